The van der Waals surface area contributed by atoms with Crippen molar-refractivity contribution in [3.8, 4) is 11.5 Å². The number of aromatic nitrogens is 2. The molecule has 35 heavy (non-hydrogen) atoms. The average molecular weight is 584 g/mol. The molecule has 8 nitrogen and oxygen atoms in total. The first-order chi connectivity index (χ1) is 17.0. The molecule has 0 radical (unpaired) electrons. The monoisotopic (exact) mass is 582 g/mol. The highest BCUT2D eigenvalue weighted by Crippen LogP contribution is 2.39. The van der Waals surface area contributed by atoms with Gasteiger partial charge in [-0.3, -0.25) is 4.90 Å². The minimum absolute atomic E-state index is 0.0309. The third-order valence-corrected chi connectivity index (χ3v) is 7.93. The van der Waals surface area contributed by atoms with Crippen LogP contribution in [0.3, 0.4) is 0 Å². The lowest BCUT2D eigenvalue weighted by molar-refractivity contribution is -0.0859. The van der Waals surface area contributed by atoms with E-state index in [-0.39, 0.29) is 6.10 Å². The van der Waals surface area contributed by atoms with E-state index in [1.165, 1.54) is 6.33 Å². The average Bonchev–Trinajstić information content (AvgIpc) is 3.12. The molecule has 1 N–H and O–H groups in total. The molecule has 1 aromatic heterocycles. The third-order valence-electron chi connectivity index (χ3n) is 6.16. The molecule has 2 atom stereocenters. The van der Waals surface area contributed by atoms with E-state index in [2.05, 4.69) is 36.1 Å². The number of anilines is 2. The van der Waals surface area contributed by atoms with Gasteiger partial charge in [0, 0.05) is 35.6 Å². The van der Waals surface area contributed by atoms with Crippen LogP contribution in [0.1, 0.15) is 6.42 Å². The Morgan fingerprint density at radius 3 is 2.91 bits per heavy atom. The number of halogens is 3. The van der Waals surface area contributed by atoms with E-state index in [1.54, 1.807) is 7.11 Å². The molecule has 2 saturated heterocycles. The lowest BCUT2D eigenvalue weighted by Crippen LogP contribution is -2.52. The van der Waals surface area contributed by atoms with Crippen molar-refractivity contribution in [1.82, 2.24) is 14.9 Å². The summed E-state index contributed by atoms with van der Waals surface area (Å²) in [5.74, 6) is 1.75. The first-order valence-corrected chi connectivity index (χ1v) is 12.9. The van der Waals surface area contributed by atoms with E-state index in [1.807, 2.05) is 24.3 Å². The van der Waals surface area contributed by atoms with Gasteiger partial charge >= 0.3 is 0 Å². The van der Waals surface area contributed by atoms with Crippen LogP contribution in [0.4, 0.5) is 11.5 Å². The molecule has 0 amide bonds. The van der Waals surface area contributed by atoms with Crippen LogP contribution in [0.5, 0.6) is 11.5 Å². The van der Waals surface area contributed by atoms with Gasteiger partial charge in [-0.15, -0.1) is 0 Å². The topological polar surface area (TPSA) is 78.0 Å². The minimum atomic E-state index is -0.0309. The molecule has 3 aromatic rings. The Bertz CT molecular complexity index is 1220. The van der Waals surface area contributed by atoms with Gasteiger partial charge in [-0.25, -0.2) is 9.97 Å². The lowest BCUT2D eigenvalue weighted by atomic mass is 10.2. The summed E-state index contributed by atoms with van der Waals surface area (Å²) >= 11 is 16.1. The van der Waals surface area contributed by atoms with Crippen LogP contribution in [-0.4, -0.2) is 73.6 Å². The first kappa shape index (κ1) is 24.8. The molecular weight excluding hydrogens is 559 g/mol. The maximum Gasteiger partial charge on any atom is 0.163 e. The molecule has 3 heterocycles. The fraction of sp³-hybridized carbons (Fsp3) is 0.417. The smallest absolute Gasteiger partial charge is 0.163 e. The fourth-order valence-corrected chi connectivity index (χ4v) is 5.12. The summed E-state index contributed by atoms with van der Waals surface area (Å²) in [6.45, 7) is 4.42. The second kappa shape index (κ2) is 11.0. The Morgan fingerprint density at radius 2 is 2.06 bits per heavy atom. The van der Waals surface area contributed by atoms with E-state index in [0.29, 0.717) is 62.3 Å². The number of fused-ring (bicyclic) bond motifs is 2. The van der Waals surface area contributed by atoms with Gasteiger partial charge in [0.2, 0.25) is 0 Å². The molecule has 0 spiro atoms. The molecule has 2 aliphatic rings. The standard InChI is InChI=1S/C24H25BrCl2N4O4/c1-32-20-7-16-19(28-13-29-24(16)30-18-4-3-17(25)22(26)23(18)27)8-21(20)35-12-15-9-31-5-2-6-33-10-14(31)11-34-15/h3-4,7-8,13-15H,2,5-6,9-12H2,1H3,(H,28,29,30)/t14-,15+/m0/s1. The van der Waals surface area contributed by atoms with Gasteiger partial charge < -0.3 is 24.3 Å². The number of rotatable bonds is 6. The van der Waals surface area contributed by atoms with Crippen LogP contribution in [0.25, 0.3) is 10.9 Å². The van der Waals surface area contributed by atoms with Crippen LogP contribution < -0.4 is 14.8 Å². The van der Waals surface area contributed by atoms with E-state index in [9.17, 15) is 0 Å². The highest BCUT2D eigenvalue weighted by atomic mass is 79.9. The predicted octanol–water partition coefficient (Wildman–Crippen LogP) is 5.32. The SMILES string of the molecule is COc1cc2c(Nc3ccc(Br)c(Cl)c3Cl)ncnc2cc1OC[C@H]1CN2CCCOC[C@H]2CO1. The quantitative estimate of drug-likeness (QED) is 0.391. The maximum atomic E-state index is 6.42. The van der Waals surface area contributed by atoms with E-state index < -0.39 is 0 Å². The molecule has 2 aliphatic heterocycles. The van der Waals surface area contributed by atoms with Crippen LogP contribution in [0.2, 0.25) is 10.0 Å². The van der Waals surface area contributed by atoms with E-state index in [0.717, 1.165) is 38.1 Å². The summed E-state index contributed by atoms with van der Waals surface area (Å²) in [7, 11) is 1.61. The van der Waals surface area contributed by atoms with Gasteiger partial charge in [0.25, 0.3) is 0 Å². The number of methoxy groups -OCH3 is 1. The first-order valence-electron chi connectivity index (χ1n) is 11.3. The summed E-state index contributed by atoms with van der Waals surface area (Å²) in [6.07, 6.45) is 2.49. The number of hydrogen-bond acceptors (Lipinski definition) is 8. The largest absolute Gasteiger partial charge is 0.493 e. The summed E-state index contributed by atoms with van der Waals surface area (Å²) in [6, 6.07) is 7.67. The minimum Gasteiger partial charge on any atom is -0.493 e. The Labute approximate surface area is 221 Å². The molecule has 0 aliphatic carbocycles. The Balaban J connectivity index is 1.34. The normalized spacial score (nSPS) is 20.8. The fourth-order valence-electron chi connectivity index (χ4n) is 4.30. The maximum absolute atomic E-state index is 6.42. The van der Waals surface area contributed by atoms with Crippen molar-refractivity contribution < 1.29 is 18.9 Å². The Kier molecular flexibility index (Phi) is 7.81. The summed E-state index contributed by atoms with van der Waals surface area (Å²) in [5, 5.41) is 4.82. The molecule has 0 saturated carbocycles. The zero-order valence-corrected chi connectivity index (χ0v) is 22.2. The summed E-state index contributed by atoms with van der Waals surface area (Å²) in [5.41, 5.74) is 1.33. The van der Waals surface area contributed by atoms with Gasteiger partial charge in [0.1, 0.15) is 24.9 Å². The third kappa shape index (κ3) is 5.45. The predicted molar refractivity (Wildman–Crippen MR) is 140 cm³/mol. The van der Waals surface area contributed by atoms with Crippen LogP contribution in [0.15, 0.2) is 35.1 Å². The molecule has 5 rings (SSSR count). The number of nitrogens with one attached hydrogen (secondary N) is 1. The highest BCUT2D eigenvalue weighted by molar-refractivity contribution is 9.10. The number of nitrogens with zero attached hydrogens (tertiary/aromatic N) is 3. The van der Waals surface area contributed by atoms with Crippen molar-refractivity contribution in [1.29, 1.82) is 0 Å². The molecule has 11 heteroatoms. The van der Waals surface area contributed by atoms with Crippen LogP contribution in [-0.2, 0) is 9.47 Å². The number of hydrogen-bond donors (Lipinski definition) is 1. The van der Waals surface area contributed by atoms with Crippen molar-refractivity contribution in [3.05, 3.63) is 45.1 Å². The Morgan fingerprint density at radius 1 is 1.17 bits per heavy atom. The van der Waals surface area contributed by atoms with Gasteiger partial charge in [-0.2, -0.15) is 0 Å². The van der Waals surface area contributed by atoms with Crippen molar-refractivity contribution in [3.63, 3.8) is 0 Å². The van der Waals surface area contributed by atoms with Crippen molar-refractivity contribution in [2.75, 3.05) is 51.9 Å². The lowest BCUT2D eigenvalue weighted by Gasteiger charge is -2.37. The number of morpholine rings is 1. The second-order valence-electron chi connectivity index (χ2n) is 8.43. The van der Waals surface area contributed by atoms with Crippen LogP contribution >= 0.6 is 39.1 Å². The molecule has 0 bridgehead atoms. The second-order valence-corrected chi connectivity index (χ2v) is 10.0. The van der Waals surface area contributed by atoms with Crippen molar-refractivity contribution in [2.45, 2.75) is 18.6 Å². The van der Waals surface area contributed by atoms with E-state index in [4.69, 9.17) is 42.1 Å². The molecule has 186 valence electrons. The molecule has 2 fully saturated rings. The highest BCUT2D eigenvalue weighted by Gasteiger charge is 2.30. The zero-order chi connectivity index (χ0) is 24.4. The van der Waals surface area contributed by atoms with Gasteiger partial charge in [0.15, 0.2) is 11.5 Å². The molecular formula is C24H25BrCl2N4O4. The number of benzene rings is 2. The zero-order valence-electron chi connectivity index (χ0n) is 19.1. The van der Waals surface area contributed by atoms with E-state index >= 15 is 0 Å². The summed E-state index contributed by atoms with van der Waals surface area (Å²) in [4.78, 5) is 11.3. The molecule has 2 aromatic carbocycles. The summed E-state index contributed by atoms with van der Waals surface area (Å²) < 4.78 is 24.2. The van der Waals surface area contributed by atoms with Crippen molar-refractivity contribution in [2.24, 2.45) is 0 Å². The van der Waals surface area contributed by atoms with Gasteiger partial charge in [-0.05, 0) is 40.5 Å². The van der Waals surface area contributed by atoms with Crippen molar-refractivity contribution >= 4 is 61.5 Å². The van der Waals surface area contributed by atoms with Crippen LogP contribution in [0, 0.1) is 0 Å². The number of ether oxygens (including phenoxy) is 4. The van der Waals surface area contributed by atoms with Gasteiger partial charge in [0.05, 0.1) is 47.6 Å². The van der Waals surface area contributed by atoms with Gasteiger partial charge in [-0.1, -0.05) is 23.2 Å². The molecule has 0 unspecified atom stereocenters. The Hall–Kier alpha value is -1.88.